The Bertz CT molecular complexity index is 1400. The summed E-state index contributed by atoms with van der Waals surface area (Å²) in [5, 5.41) is 0. The van der Waals surface area contributed by atoms with Crippen LogP contribution in [0.3, 0.4) is 0 Å². The van der Waals surface area contributed by atoms with E-state index in [4.69, 9.17) is 13.9 Å². The van der Waals surface area contributed by atoms with E-state index in [9.17, 15) is 9.18 Å². The molecule has 6 nitrogen and oxygen atoms in total. The smallest absolute Gasteiger partial charge is 0.229 e. The number of halogens is 1. The number of hydrogen-bond acceptors (Lipinski definition) is 5. The summed E-state index contributed by atoms with van der Waals surface area (Å²) >= 11 is 0. The van der Waals surface area contributed by atoms with Crippen molar-refractivity contribution < 1.29 is 23.1 Å². The third-order valence-corrected chi connectivity index (χ3v) is 6.59. The van der Waals surface area contributed by atoms with Gasteiger partial charge in [-0.15, -0.1) is 0 Å². The summed E-state index contributed by atoms with van der Waals surface area (Å²) in [6.07, 6.45) is 0.772. The highest BCUT2D eigenvalue weighted by atomic mass is 19.1. The van der Waals surface area contributed by atoms with Crippen LogP contribution in [0.15, 0.2) is 71.1 Å². The molecule has 184 valence electrons. The van der Waals surface area contributed by atoms with Gasteiger partial charge in [-0.2, -0.15) is 0 Å². The van der Waals surface area contributed by atoms with Crippen molar-refractivity contribution in [2.75, 3.05) is 20.8 Å². The molecule has 3 aromatic carbocycles. The van der Waals surface area contributed by atoms with E-state index in [0.29, 0.717) is 47.4 Å². The van der Waals surface area contributed by atoms with Gasteiger partial charge in [0, 0.05) is 12.1 Å². The average molecular weight is 487 g/mol. The normalized spacial score (nSPS) is 14.9. The van der Waals surface area contributed by atoms with Crippen LogP contribution in [0.25, 0.3) is 11.5 Å². The first-order valence-corrected chi connectivity index (χ1v) is 11.8. The number of aromatic nitrogens is 1. The number of ether oxygens (including phenoxy) is 2. The minimum absolute atomic E-state index is 0.0634. The molecule has 0 saturated carbocycles. The average Bonchev–Trinajstić information content (AvgIpc) is 3.27. The molecule has 1 amide bonds. The number of carbonyl (C=O) groups excluding carboxylic acids is 1. The Hall–Kier alpha value is -4.13. The van der Waals surface area contributed by atoms with Gasteiger partial charge in [0.2, 0.25) is 11.8 Å². The van der Waals surface area contributed by atoms with Gasteiger partial charge < -0.3 is 18.8 Å². The van der Waals surface area contributed by atoms with E-state index in [1.54, 1.807) is 33.3 Å². The Balaban J connectivity index is 1.49. The molecule has 7 heteroatoms. The second kappa shape index (κ2) is 9.85. The van der Waals surface area contributed by atoms with Gasteiger partial charge in [-0.1, -0.05) is 36.4 Å². The fourth-order valence-corrected chi connectivity index (χ4v) is 4.79. The summed E-state index contributed by atoms with van der Waals surface area (Å²) in [4.78, 5) is 20.1. The number of aryl methyl sites for hydroxylation is 1. The van der Waals surface area contributed by atoms with Crippen LogP contribution < -0.4 is 9.47 Å². The van der Waals surface area contributed by atoms with Gasteiger partial charge in [0.05, 0.1) is 32.4 Å². The lowest BCUT2D eigenvalue weighted by Gasteiger charge is -2.38. The number of amides is 1. The van der Waals surface area contributed by atoms with Crippen molar-refractivity contribution in [2.24, 2.45) is 0 Å². The van der Waals surface area contributed by atoms with Gasteiger partial charge in [-0.3, -0.25) is 4.79 Å². The van der Waals surface area contributed by atoms with Crippen LogP contribution in [0.2, 0.25) is 0 Å². The molecule has 0 unspecified atom stereocenters. The Kier molecular flexibility index (Phi) is 6.46. The van der Waals surface area contributed by atoms with E-state index in [1.807, 2.05) is 47.4 Å². The van der Waals surface area contributed by atoms with Crippen molar-refractivity contribution in [3.8, 4) is 23.0 Å². The molecule has 1 aliphatic rings. The molecule has 0 bridgehead atoms. The molecule has 0 radical (unpaired) electrons. The number of hydrogen-bond donors (Lipinski definition) is 0. The number of methoxy groups -OCH3 is 2. The van der Waals surface area contributed by atoms with Gasteiger partial charge in [0.25, 0.3) is 0 Å². The van der Waals surface area contributed by atoms with Crippen molar-refractivity contribution in [3.05, 3.63) is 101 Å². The highest BCUT2D eigenvalue weighted by Crippen LogP contribution is 2.41. The SMILES string of the molecule is COc1cc2c(cc1OC)[C@H](c1ccccc1)N(C(=O)Cc1nc(-c3cccc(F)c3)oc1C)CC2. The summed E-state index contributed by atoms with van der Waals surface area (Å²) in [7, 11) is 3.23. The third-order valence-electron chi connectivity index (χ3n) is 6.59. The molecule has 36 heavy (non-hydrogen) atoms. The molecule has 0 N–H and O–H groups in total. The van der Waals surface area contributed by atoms with Gasteiger partial charge in [0.15, 0.2) is 11.5 Å². The van der Waals surface area contributed by atoms with E-state index in [2.05, 4.69) is 4.98 Å². The highest BCUT2D eigenvalue weighted by molar-refractivity contribution is 5.80. The van der Waals surface area contributed by atoms with Gasteiger partial charge in [0.1, 0.15) is 11.6 Å². The van der Waals surface area contributed by atoms with E-state index in [1.165, 1.54) is 12.1 Å². The van der Waals surface area contributed by atoms with Crippen molar-refractivity contribution in [3.63, 3.8) is 0 Å². The zero-order valence-corrected chi connectivity index (χ0v) is 20.5. The van der Waals surface area contributed by atoms with E-state index in [0.717, 1.165) is 16.7 Å². The van der Waals surface area contributed by atoms with Gasteiger partial charge >= 0.3 is 0 Å². The molecular weight excluding hydrogens is 459 g/mol. The van der Waals surface area contributed by atoms with Crippen LogP contribution in [0.4, 0.5) is 4.39 Å². The summed E-state index contributed by atoms with van der Waals surface area (Å²) < 4.78 is 30.6. The molecule has 0 spiro atoms. The molecule has 2 heterocycles. The molecule has 0 saturated heterocycles. The number of carbonyl (C=O) groups is 1. The summed E-state index contributed by atoms with van der Waals surface area (Å²) in [5.74, 6) is 1.71. The van der Waals surface area contributed by atoms with E-state index < -0.39 is 0 Å². The van der Waals surface area contributed by atoms with Crippen molar-refractivity contribution in [2.45, 2.75) is 25.8 Å². The maximum atomic E-state index is 13.7. The Morgan fingerprint density at radius 3 is 2.53 bits per heavy atom. The number of benzene rings is 3. The van der Waals surface area contributed by atoms with Crippen LogP contribution in [0, 0.1) is 12.7 Å². The lowest BCUT2D eigenvalue weighted by molar-refractivity contribution is -0.132. The monoisotopic (exact) mass is 486 g/mol. The first-order valence-electron chi connectivity index (χ1n) is 11.8. The van der Waals surface area contributed by atoms with Crippen LogP contribution in [0.1, 0.15) is 34.2 Å². The number of oxazole rings is 1. The standard InChI is InChI=1S/C29H27FN2O4/c1-18-24(31-29(36-18)21-10-7-11-22(30)14-21)17-27(33)32-13-12-20-15-25(34-2)26(35-3)16-23(20)28(32)19-8-5-4-6-9-19/h4-11,14-16,28H,12-13,17H2,1-3H3/t28-/m0/s1. The molecule has 0 fully saturated rings. The Morgan fingerprint density at radius 1 is 1.06 bits per heavy atom. The second-order valence-corrected chi connectivity index (χ2v) is 8.77. The largest absolute Gasteiger partial charge is 0.493 e. The molecule has 1 aromatic heterocycles. The van der Waals surface area contributed by atoms with Crippen molar-refractivity contribution in [1.82, 2.24) is 9.88 Å². The van der Waals surface area contributed by atoms with Gasteiger partial charge in [-0.05, 0) is 60.4 Å². The summed E-state index contributed by atoms with van der Waals surface area (Å²) in [6.45, 7) is 2.32. The first-order chi connectivity index (χ1) is 17.5. The van der Waals surface area contributed by atoms with Crippen LogP contribution >= 0.6 is 0 Å². The lowest BCUT2D eigenvalue weighted by Crippen LogP contribution is -2.41. The minimum Gasteiger partial charge on any atom is -0.493 e. The molecule has 1 aliphatic heterocycles. The van der Waals surface area contributed by atoms with Crippen LogP contribution in [-0.2, 0) is 17.6 Å². The number of rotatable bonds is 6. The number of fused-ring (bicyclic) bond motifs is 1. The number of nitrogens with zero attached hydrogens (tertiary/aromatic N) is 2. The predicted octanol–water partition coefficient (Wildman–Crippen LogP) is 5.52. The Morgan fingerprint density at radius 2 is 1.81 bits per heavy atom. The van der Waals surface area contributed by atoms with Crippen LogP contribution in [-0.4, -0.2) is 36.6 Å². The zero-order valence-electron chi connectivity index (χ0n) is 20.5. The predicted molar refractivity (Wildman–Crippen MR) is 134 cm³/mol. The Labute approximate surface area is 209 Å². The minimum atomic E-state index is -0.370. The highest BCUT2D eigenvalue weighted by Gasteiger charge is 2.34. The van der Waals surface area contributed by atoms with Crippen molar-refractivity contribution in [1.29, 1.82) is 0 Å². The van der Waals surface area contributed by atoms with E-state index >= 15 is 0 Å². The molecule has 1 atom stereocenters. The van der Waals surface area contributed by atoms with Crippen LogP contribution in [0.5, 0.6) is 11.5 Å². The molecule has 0 aliphatic carbocycles. The summed E-state index contributed by atoms with van der Waals surface area (Å²) in [5.41, 5.74) is 4.22. The topological polar surface area (TPSA) is 64.8 Å². The zero-order chi connectivity index (χ0) is 25.2. The fraction of sp³-hybridized carbons (Fsp3) is 0.241. The first kappa shape index (κ1) is 23.6. The molecule has 4 aromatic rings. The van der Waals surface area contributed by atoms with Gasteiger partial charge in [-0.25, -0.2) is 9.37 Å². The van der Waals surface area contributed by atoms with Crippen molar-refractivity contribution >= 4 is 5.91 Å². The maximum absolute atomic E-state index is 13.7. The second-order valence-electron chi connectivity index (χ2n) is 8.77. The fourth-order valence-electron chi connectivity index (χ4n) is 4.79. The lowest BCUT2D eigenvalue weighted by atomic mass is 9.87. The summed E-state index contributed by atoms with van der Waals surface area (Å²) in [6, 6.07) is 19.7. The molecule has 5 rings (SSSR count). The maximum Gasteiger partial charge on any atom is 0.229 e. The third kappa shape index (κ3) is 4.44. The van der Waals surface area contributed by atoms with E-state index in [-0.39, 0.29) is 24.2 Å². The molecular formula is C29H27FN2O4. The quantitative estimate of drug-likeness (QED) is 0.359.